The Hall–Kier alpha value is -1.62. The van der Waals surface area contributed by atoms with Crippen LogP contribution in [0.5, 0.6) is 0 Å². The maximum atomic E-state index is 4.60. The molecular formula is C15H25N5. The van der Waals surface area contributed by atoms with Gasteiger partial charge in [-0.3, -0.25) is 4.68 Å². The number of nitrogens with zero attached hydrogens (tertiary/aromatic N) is 4. The van der Waals surface area contributed by atoms with Crippen LogP contribution in [0.2, 0.25) is 0 Å². The molecular weight excluding hydrogens is 250 g/mol. The van der Waals surface area contributed by atoms with E-state index in [1.165, 1.54) is 5.69 Å². The Morgan fingerprint density at radius 1 is 1.25 bits per heavy atom. The number of aromatic nitrogens is 4. The van der Waals surface area contributed by atoms with Crippen molar-refractivity contribution < 1.29 is 0 Å². The summed E-state index contributed by atoms with van der Waals surface area (Å²) in [5.41, 5.74) is 2.41. The number of nitrogens with one attached hydrogen (secondary N) is 1. The van der Waals surface area contributed by atoms with Crippen LogP contribution in [0, 0.1) is 0 Å². The van der Waals surface area contributed by atoms with Crippen molar-refractivity contribution in [2.45, 2.75) is 53.2 Å². The molecule has 2 aromatic rings. The molecule has 0 aromatic carbocycles. The summed E-state index contributed by atoms with van der Waals surface area (Å²) >= 11 is 0. The summed E-state index contributed by atoms with van der Waals surface area (Å²) in [5, 5.41) is 8.00. The molecule has 0 bridgehead atoms. The summed E-state index contributed by atoms with van der Waals surface area (Å²) in [5.74, 6) is 1.08. The van der Waals surface area contributed by atoms with Crippen molar-refractivity contribution in [3.8, 4) is 0 Å². The van der Waals surface area contributed by atoms with E-state index in [-0.39, 0.29) is 0 Å². The molecule has 2 rings (SSSR count). The number of hydrogen-bond donors (Lipinski definition) is 1. The van der Waals surface area contributed by atoms with Crippen molar-refractivity contribution in [3.63, 3.8) is 0 Å². The predicted octanol–water partition coefficient (Wildman–Crippen LogP) is 2.21. The van der Waals surface area contributed by atoms with Gasteiger partial charge in [0, 0.05) is 18.9 Å². The van der Waals surface area contributed by atoms with E-state index >= 15 is 0 Å². The molecule has 0 unspecified atom stereocenters. The molecule has 5 nitrogen and oxygen atoms in total. The minimum absolute atomic E-state index is 0.821. The van der Waals surface area contributed by atoms with Crippen molar-refractivity contribution in [2.24, 2.45) is 0 Å². The second kappa shape index (κ2) is 7.24. The Morgan fingerprint density at radius 2 is 2.10 bits per heavy atom. The molecule has 5 heteroatoms. The zero-order valence-corrected chi connectivity index (χ0v) is 12.8. The van der Waals surface area contributed by atoms with Gasteiger partial charge in [-0.2, -0.15) is 5.10 Å². The average Bonchev–Trinajstić information content (AvgIpc) is 3.06. The predicted molar refractivity (Wildman–Crippen MR) is 80.6 cm³/mol. The van der Waals surface area contributed by atoms with Crippen LogP contribution in [-0.2, 0) is 26.1 Å². The number of hydrogen-bond acceptors (Lipinski definition) is 3. The minimum Gasteiger partial charge on any atom is -0.328 e. The molecule has 110 valence electrons. The zero-order valence-electron chi connectivity index (χ0n) is 12.8. The van der Waals surface area contributed by atoms with Gasteiger partial charge in [0.25, 0.3) is 0 Å². The molecule has 0 aliphatic rings. The van der Waals surface area contributed by atoms with E-state index in [1.54, 1.807) is 0 Å². The summed E-state index contributed by atoms with van der Waals surface area (Å²) in [6.07, 6.45) is 6.04. The lowest BCUT2D eigenvalue weighted by molar-refractivity contribution is 0.571. The summed E-state index contributed by atoms with van der Waals surface area (Å²) in [6, 6.07) is 2.20. The molecule has 0 saturated heterocycles. The highest BCUT2D eigenvalue weighted by Gasteiger charge is 2.09. The Labute approximate surface area is 121 Å². The first-order valence-electron chi connectivity index (χ1n) is 7.54. The van der Waals surface area contributed by atoms with Gasteiger partial charge in [-0.25, -0.2) is 4.98 Å². The summed E-state index contributed by atoms with van der Waals surface area (Å²) in [6.45, 7) is 10.0. The van der Waals surface area contributed by atoms with Gasteiger partial charge in [0.05, 0.1) is 24.5 Å². The molecule has 0 spiro atoms. The first kappa shape index (κ1) is 14.8. The highest BCUT2D eigenvalue weighted by Crippen LogP contribution is 2.09. The van der Waals surface area contributed by atoms with Crippen LogP contribution < -0.4 is 5.32 Å². The third kappa shape index (κ3) is 3.48. The number of rotatable bonds is 8. The quantitative estimate of drug-likeness (QED) is 0.751. The van der Waals surface area contributed by atoms with Gasteiger partial charge in [-0.05, 0) is 32.4 Å². The van der Waals surface area contributed by atoms with E-state index in [0.717, 1.165) is 50.5 Å². The highest BCUT2D eigenvalue weighted by molar-refractivity contribution is 5.12. The second-order valence-corrected chi connectivity index (χ2v) is 4.94. The normalized spacial score (nSPS) is 11.2. The van der Waals surface area contributed by atoms with E-state index in [4.69, 9.17) is 0 Å². The van der Waals surface area contributed by atoms with E-state index in [2.05, 4.69) is 51.5 Å². The first-order chi connectivity index (χ1) is 9.78. The van der Waals surface area contributed by atoms with Crippen molar-refractivity contribution in [1.29, 1.82) is 0 Å². The fourth-order valence-electron chi connectivity index (χ4n) is 2.29. The molecule has 1 N–H and O–H groups in total. The molecule has 2 heterocycles. The van der Waals surface area contributed by atoms with Crippen LogP contribution in [-0.4, -0.2) is 25.9 Å². The first-order valence-corrected chi connectivity index (χ1v) is 7.54. The number of imidazole rings is 1. The standard InChI is InChI=1S/C15H25N5/c1-4-7-16-11-15-17-8-9-19(15)12-14-10-13(5-2)18-20(14)6-3/h8-10,16H,4-7,11-12H2,1-3H3. The van der Waals surface area contributed by atoms with Gasteiger partial charge in [0.2, 0.25) is 0 Å². The zero-order chi connectivity index (χ0) is 14.4. The second-order valence-electron chi connectivity index (χ2n) is 4.94. The van der Waals surface area contributed by atoms with Gasteiger partial charge >= 0.3 is 0 Å². The van der Waals surface area contributed by atoms with Crippen LogP contribution in [0.15, 0.2) is 18.5 Å². The van der Waals surface area contributed by atoms with E-state index < -0.39 is 0 Å². The number of aryl methyl sites for hydroxylation is 2. The molecule has 0 atom stereocenters. The lowest BCUT2D eigenvalue weighted by Crippen LogP contribution is -2.18. The van der Waals surface area contributed by atoms with Crippen molar-refractivity contribution in [3.05, 3.63) is 35.7 Å². The van der Waals surface area contributed by atoms with Gasteiger partial charge in [-0.1, -0.05) is 13.8 Å². The molecule has 0 amide bonds. The Bertz CT molecular complexity index is 526. The summed E-state index contributed by atoms with van der Waals surface area (Å²) in [7, 11) is 0. The van der Waals surface area contributed by atoms with Crippen LogP contribution in [0.1, 0.15) is 44.4 Å². The SMILES string of the molecule is CCCNCc1nccn1Cc1cc(CC)nn1CC. The minimum atomic E-state index is 0.821. The molecule has 0 aliphatic heterocycles. The maximum Gasteiger partial charge on any atom is 0.123 e. The van der Waals surface area contributed by atoms with Gasteiger partial charge in [0.1, 0.15) is 5.82 Å². The van der Waals surface area contributed by atoms with E-state index in [1.807, 2.05) is 12.4 Å². The monoisotopic (exact) mass is 275 g/mol. The highest BCUT2D eigenvalue weighted by atomic mass is 15.3. The average molecular weight is 275 g/mol. The van der Waals surface area contributed by atoms with Crippen LogP contribution in [0.4, 0.5) is 0 Å². The topological polar surface area (TPSA) is 47.7 Å². The third-order valence-electron chi connectivity index (χ3n) is 3.42. The molecule has 0 aliphatic carbocycles. The molecule has 0 fully saturated rings. The lowest BCUT2D eigenvalue weighted by atomic mass is 10.3. The Balaban J connectivity index is 2.09. The van der Waals surface area contributed by atoms with Crippen molar-refractivity contribution in [2.75, 3.05) is 6.54 Å². The van der Waals surface area contributed by atoms with Gasteiger partial charge < -0.3 is 9.88 Å². The fraction of sp³-hybridized carbons (Fsp3) is 0.600. The Kier molecular flexibility index (Phi) is 5.35. The van der Waals surface area contributed by atoms with Gasteiger partial charge in [-0.15, -0.1) is 0 Å². The van der Waals surface area contributed by atoms with Crippen LogP contribution in [0.3, 0.4) is 0 Å². The molecule has 2 aromatic heterocycles. The molecule has 20 heavy (non-hydrogen) atoms. The smallest absolute Gasteiger partial charge is 0.123 e. The van der Waals surface area contributed by atoms with Crippen LogP contribution in [0.25, 0.3) is 0 Å². The lowest BCUT2D eigenvalue weighted by Gasteiger charge is -2.09. The van der Waals surface area contributed by atoms with E-state index in [0.29, 0.717) is 0 Å². The maximum absolute atomic E-state index is 4.60. The fourth-order valence-corrected chi connectivity index (χ4v) is 2.29. The third-order valence-corrected chi connectivity index (χ3v) is 3.42. The van der Waals surface area contributed by atoms with Crippen molar-refractivity contribution in [1.82, 2.24) is 24.6 Å². The summed E-state index contributed by atoms with van der Waals surface area (Å²) < 4.78 is 4.29. The summed E-state index contributed by atoms with van der Waals surface area (Å²) in [4.78, 5) is 4.44. The van der Waals surface area contributed by atoms with Crippen LogP contribution >= 0.6 is 0 Å². The van der Waals surface area contributed by atoms with Crippen molar-refractivity contribution >= 4 is 0 Å². The Morgan fingerprint density at radius 3 is 2.80 bits per heavy atom. The van der Waals surface area contributed by atoms with E-state index in [9.17, 15) is 0 Å². The molecule has 0 radical (unpaired) electrons. The largest absolute Gasteiger partial charge is 0.328 e. The van der Waals surface area contributed by atoms with Gasteiger partial charge in [0.15, 0.2) is 0 Å². The molecule has 0 saturated carbocycles.